The highest BCUT2D eigenvalue weighted by Crippen LogP contribution is 2.27. The fourth-order valence-corrected chi connectivity index (χ4v) is 1.57. The Bertz CT molecular complexity index is 511. The van der Waals surface area contributed by atoms with Gasteiger partial charge in [-0.15, -0.1) is 0 Å². The number of aromatic nitrogens is 1. The van der Waals surface area contributed by atoms with Gasteiger partial charge in [-0.2, -0.15) is 0 Å². The molecule has 0 radical (unpaired) electrons. The van der Waals surface area contributed by atoms with E-state index in [-0.39, 0.29) is 0 Å². The molecule has 3 N–H and O–H groups in total. The summed E-state index contributed by atoms with van der Waals surface area (Å²) in [6.07, 6.45) is 1.75. The van der Waals surface area contributed by atoms with E-state index < -0.39 is 0 Å². The minimum absolute atomic E-state index is 0.651. The Morgan fingerprint density at radius 3 is 2.81 bits per heavy atom. The van der Waals surface area contributed by atoms with Crippen LogP contribution in [0.4, 0.5) is 17.1 Å². The van der Waals surface area contributed by atoms with Gasteiger partial charge in [0, 0.05) is 11.2 Å². The van der Waals surface area contributed by atoms with Gasteiger partial charge in [0.25, 0.3) is 0 Å². The number of nitrogens with one attached hydrogen (secondary N) is 1. The van der Waals surface area contributed by atoms with Gasteiger partial charge in [0.2, 0.25) is 0 Å². The van der Waals surface area contributed by atoms with Crippen LogP contribution >= 0.6 is 11.6 Å². The number of anilines is 3. The van der Waals surface area contributed by atoms with Gasteiger partial charge in [0.15, 0.2) is 0 Å². The van der Waals surface area contributed by atoms with Crippen molar-refractivity contribution in [1.82, 2.24) is 4.98 Å². The molecule has 16 heavy (non-hydrogen) atoms. The lowest BCUT2D eigenvalue weighted by Crippen LogP contribution is -1.98. The third kappa shape index (κ3) is 2.25. The van der Waals surface area contributed by atoms with E-state index in [1.165, 1.54) is 0 Å². The van der Waals surface area contributed by atoms with Gasteiger partial charge in [-0.05, 0) is 37.3 Å². The van der Waals surface area contributed by atoms with Crippen LogP contribution in [-0.2, 0) is 0 Å². The molecule has 0 saturated heterocycles. The van der Waals surface area contributed by atoms with Crippen LogP contribution in [0.5, 0.6) is 0 Å². The molecule has 0 fully saturated rings. The second-order valence-corrected chi connectivity index (χ2v) is 3.93. The second-order valence-electron chi connectivity index (χ2n) is 3.49. The number of rotatable bonds is 2. The number of nitrogen functional groups attached to an aromatic ring is 1. The quantitative estimate of drug-likeness (QED) is 0.782. The Balaban J connectivity index is 2.34. The van der Waals surface area contributed by atoms with Crippen LogP contribution < -0.4 is 11.1 Å². The summed E-state index contributed by atoms with van der Waals surface area (Å²) >= 11 is 5.91. The Morgan fingerprint density at radius 1 is 1.25 bits per heavy atom. The van der Waals surface area contributed by atoms with Crippen molar-refractivity contribution in [3.05, 3.63) is 47.2 Å². The van der Waals surface area contributed by atoms with Gasteiger partial charge < -0.3 is 11.1 Å². The first kappa shape index (κ1) is 10.8. The molecule has 1 heterocycles. The zero-order valence-corrected chi connectivity index (χ0v) is 9.62. The van der Waals surface area contributed by atoms with Gasteiger partial charge in [-0.3, -0.25) is 4.98 Å². The predicted octanol–water partition coefficient (Wildman–Crippen LogP) is 3.37. The van der Waals surface area contributed by atoms with E-state index in [9.17, 15) is 0 Å². The molecule has 0 atom stereocenters. The minimum atomic E-state index is 0.651. The Kier molecular flexibility index (Phi) is 2.97. The predicted molar refractivity (Wildman–Crippen MR) is 68.1 cm³/mol. The van der Waals surface area contributed by atoms with E-state index >= 15 is 0 Å². The third-order valence-corrected chi connectivity index (χ3v) is 2.53. The molecule has 2 aromatic rings. The van der Waals surface area contributed by atoms with Crippen molar-refractivity contribution in [2.75, 3.05) is 11.1 Å². The van der Waals surface area contributed by atoms with Crippen LogP contribution in [0.3, 0.4) is 0 Å². The smallest absolute Gasteiger partial charge is 0.0633 e. The third-order valence-electron chi connectivity index (χ3n) is 2.29. The van der Waals surface area contributed by atoms with Gasteiger partial charge in [0.05, 0.1) is 22.8 Å². The lowest BCUT2D eigenvalue weighted by atomic mass is 10.2. The molecule has 0 spiro atoms. The highest BCUT2D eigenvalue weighted by molar-refractivity contribution is 6.31. The monoisotopic (exact) mass is 233 g/mol. The van der Waals surface area contributed by atoms with Crippen molar-refractivity contribution in [1.29, 1.82) is 0 Å². The fourth-order valence-electron chi connectivity index (χ4n) is 1.40. The maximum Gasteiger partial charge on any atom is 0.0633 e. The van der Waals surface area contributed by atoms with Crippen LogP contribution in [0.15, 0.2) is 36.5 Å². The first-order valence-corrected chi connectivity index (χ1v) is 5.28. The first-order valence-electron chi connectivity index (χ1n) is 4.90. The van der Waals surface area contributed by atoms with Gasteiger partial charge in [-0.25, -0.2) is 0 Å². The van der Waals surface area contributed by atoms with E-state index in [4.69, 9.17) is 17.3 Å². The summed E-state index contributed by atoms with van der Waals surface area (Å²) in [5.74, 6) is 0. The molecule has 0 aliphatic carbocycles. The molecule has 4 heteroatoms. The number of nitrogens with two attached hydrogens (primary N) is 1. The molecule has 2 rings (SSSR count). The number of pyridine rings is 1. The number of benzene rings is 1. The Hall–Kier alpha value is -1.74. The van der Waals surface area contributed by atoms with Crippen LogP contribution in [0, 0.1) is 6.92 Å². The summed E-state index contributed by atoms with van der Waals surface area (Å²) in [6.45, 7) is 1.93. The van der Waals surface area contributed by atoms with E-state index in [0.717, 1.165) is 17.1 Å². The topological polar surface area (TPSA) is 50.9 Å². The molecule has 3 nitrogen and oxygen atoms in total. The molecule has 0 aliphatic rings. The van der Waals surface area contributed by atoms with Crippen LogP contribution in [-0.4, -0.2) is 4.98 Å². The molecule has 0 aliphatic heterocycles. The van der Waals surface area contributed by atoms with Crippen molar-refractivity contribution >= 4 is 28.7 Å². The molecule has 1 aromatic heterocycles. The summed E-state index contributed by atoms with van der Waals surface area (Å²) in [7, 11) is 0. The van der Waals surface area contributed by atoms with Crippen molar-refractivity contribution in [3.8, 4) is 0 Å². The normalized spacial score (nSPS) is 10.1. The summed E-state index contributed by atoms with van der Waals surface area (Å²) in [6, 6.07) is 9.15. The molecular formula is C12H12ClN3. The molecular weight excluding hydrogens is 222 g/mol. The number of nitrogens with zero attached hydrogens (tertiary/aromatic N) is 1. The molecule has 1 aromatic carbocycles. The summed E-state index contributed by atoms with van der Waals surface area (Å²) in [4.78, 5) is 4.19. The van der Waals surface area contributed by atoms with Crippen molar-refractivity contribution in [3.63, 3.8) is 0 Å². The van der Waals surface area contributed by atoms with Crippen molar-refractivity contribution < 1.29 is 0 Å². The molecule has 0 amide bonds. The highest BCUT2D eigenvalue weighted by atomic mass is 35.5. The minimum Gasteiger partial charge on any atom is -0.397 e. The summed E-state index contributed by atoms with van der Waals surface area (Å²) in [5.41, 5.74) is 9.15. The van der Waals surface area contributed by atoms with Crippen LogP contribution in [0.1, 0.15) is 5.69 Å². The molecule has 0 bridgehead atoms. The maximum atomic E-state index is 5.91. The van der Waals surface area contributed by atoms with Gasteiger partial charge >= 0.3 is 0 Å². The number of halogens is 1. The highest BCUT2D eigenvalue weighted by Gasteiger charge is 2.03. The van der Waals surface area contributed by atoms with E-state index in [0.29, 0.717) is 10.7 Å². The summed E-state index contributed by atoms with van der Waals surface area (Å²) < 4.78 is 0. The Labute approximate surface area is 99.3 Å². The first-order chi connectivity index (χ1) is 7.66. The standard InChI is InChI=1S/C12H12ClN3/c1-8-11(3-2-6-15-8)16-12-7-9(13)4-5-10(12)14/h2-7,16H,14H2,1H3. The SMILES string of the molecule is Cc1ncccc1Nc1cc(Cl)ccc1N. The van der Waals surface area contributed by atoms with Crippen molar-refractivity contribution in [2.45, 2.75) is 6.92 Å². The fraction of sp³-hybridized carbons (Fsp3) is 0.0833. The lowest BCUT2D eigenvalue weighted by molar-refractivity contribution is 1.20. The maximum absolute atomic E-state index is 5.91. The Morgan fingerprint density at radius 2 is 2.06 bits per heavy atom. The average molecular weight is 234 g/mol. The van der Waals surface area contributed by atoms with Gasteiger partial charge in [0.1, 0.15) is 0 Å². The van der Waals surface area contributed by atoms with Gasteiger partial charge in [-0.1, -0.05) is 11.6 Å². The zero-order chi connectivity index (χ0) is 11.5. The molecule has 82 valence electrons. The second kappa shape index (κ2) is 4.41. The largest absolute Gasteiger partial charge is 0.397 e. The number of aryl methyl sites for hydroxylation is 1. The van der Waals surface area contributed by atoms with Crippen LogP contribution in [0.25, 0.3) is 0 Å². The van der Waals surface area contributed by atoms with E-state index in [1.807, 2.05) is 19.1 Å². The van der Waals surface area contributed by atoms with E-state index in [2.05, 4.69) is 10.3 Å². The van der Waals surface area contributed by atoms with Crippen LogP contribution in [0.2, 0.25) is 5.02 Å². The summed E-state index contributed by atoms with van der Waals surface area (Å²) in [5, 5.41) is 3.86. The molecule has 0 saturated carbocycles. The number of hydrogen-bond acceptors (Lipinski definition) is 3. The zero-order valence-electron chi connectivity index (χ0n) is 8.87. The lowest BCUT2D eigenvalue weighted by Gasteiger charge is -2.11. The van der Waals surface area contributed by atoms with Crippen molar-refractivity contribution in [2.24, 2.45) is 0 Å². The molecule has 0 unspecified atom stereocenters. The van der Waals surface area contributed by atoms with E-state index in [1.54, 1.807) is 24.4 Å². The number of hydrogen-bond donors (Lipinski definition) is 2. The average Bonchev–Trinajstić information content (AvgIpc) is 2.27.